The van der Waals surface area contributed by atoms with Crippen molar-refractivity contribution in [2.24, 2.45) is 34.0 Å². The SMILES string of the molecule is CC(C)CC(NC(=O)C(C)NC(=O)C(C)NC(=O)C(CCC(=O)O)NC(=O)OCC1c2ccccc2-c2ccccc21)C(=O)NC(CCCCN)C(=O)NC(CC(C)C)C(=O)NC(C)C(=O)NC(CCCN=C(N)N)C(=O)O. The molecule has 8 atom stereocenters. The number of guanidine groups is 1. The van der Waals surface area contributed by atoms with E-state index in [1.165, 1.54) is 20.8 Å². The minimum Gasteiger partial charge on any atom is -0.481 e. The Bertz CT molecular complexity index is 2400. The van der Waals surface area contributed by atoms with Crippen LogP contribution in [0.3, 0.4) is 0 Å². The predicted molar refractivity (Wildman–Crippen MR) is 289 cm³/mol. The Morgan fingerprint density at radius 3 is 1.42 bits per heavy atom. The van der Waals surface area contributed by atoms with Crippen LogP contribution in [0, 0.1) is 11.8 Å². The molecule has 3 rings (SSSR count). The van der Waals surface area contributed by atoms with E-state index in [1.54, 1.807) is 27.7 Å². The van der Waals surface area contributed by atoms with E-state index < -0.39 is 114 Å². The van der Waals surface area contributed by atoms with Crippen LogP contribution in [0.15, 0.2) is 53.5 Å². The van der Waals surface area contributed by atoms with Gasteiger partial charge in [0.25, 0.3) is 0 Å². The third-order valence-corrected chi connectivity index (χ3v) is 12.7. The lowest BCUT2D eigenvalue weighted by Crippen LogP contribution is -2.59. The number of carbonyl (C=O) groups is 10. The number of benzene rings is 2. The van der Waals surface area contributed by atoms with E-state index in [2.05, 4.69) is 47.5 Å². The summed E-state index contributed by atoms with van der Waals surface area (Å²) < 4.78 is 5.57. The lowest BCUT2D eigenvalue weighted by Gasteiger charge is -2.28. The van der Waals surface area contributed by atoms with E-state index >= 15 is 0 Å². The third kappa shape index (κ3) is 21.3. The number of hydrogen-bond donors (Lipinski definition) is 13. The molecule has 2 aromatic rings. The lowest BCUT2D eigenvalue weighted by atomic mass is 9.98. The van der Waals surface area contributed by atoms with E-state index in [9.17, 15) is 58.2 Å². The van der Waals surface area contributed by atoms with Crippen LogP contribution in [-0.4, -0.2) is 144 Å². The molecular formula is C53H80N12O13. The quantitative estimate of drug-likeness (QED) is 0.0264. The van der Waals surface area contributed by atoms with Crippen LogP contribution in [0.4, 0.5) is 4.79 Å². The molecule has 0 saturated heterocycles. The van der Waals surface area contributed by atoms with Crippen LogP contribution in [-0.2, 0) is 47.9 Å². The van der Waals surface area contributed by atoms with Crippen molar-refractivity contribution in [3.63, 3.8) is 0 Å². The van der Waals surface area contributed by atoms with Gasteiger partial charge in [0, 0.05) is 18.9 Å². The average Bonchev–Trinajstić information content (AvgIpc) is 3.69. The van der Waals surface area contributed by atoms with E-state index in [4.69, 9.17) is 21.9 Å². The van der Waals surface area contributed by atoms with Crippen LogP contribution in [0.25, 0.3) is 11.1 Å². The standard InChI is InChI=1S/C53H80N12O13/c1-28(2)25-41(49(73)60-32(7)45(69)62-40(51(75)76)20-14-24-57-52(55)56)64-48(72)38(19-12-13-23-54)61-50(74)42(26-29(3)4)63-46(70)31(6)58-44(68)30(5)59-47(71)39(21-22-43(66)67)65-53(77)78-27-37-35-17-10-8-15-33(35)34-16-9-11-18-36(34)37/h8-11,15-18,28-32,37-42H,12-14,19-27,54H2,1-7H3,(H,58,68)(H,59,71)(H,60,73)(H,61,74)(H,62,69)(H,63,70)(H,64,72)(H,65,77)(H,66,67)(H,75,76)(H4,55,56,57). The van der Waals surface area contributed by atoms with Crippen LogP contribution < -0.4 is 59.7 Å². The minimum atomic E-state index is -1.43. The minimum absolute atomic E-state index is 0.00441. The molecule has 78 heavy (non-hydrogen) atoms. The molecule has 430 valence electrons. The van der Waals surface area contributed by atoms with E-state index in [0.717, 1.165) is 22.3 Å². The second-order valence-electron chi connectivity index (χ2n) is 20.2. The molecule has 0 fully saturated rings. The smallest absolute Gasteiger partial charge is 0.407 e. The average molecular weight is 1090 g/mol. The normalized spacial score (nSPS) is 14.7. The number of hydrogen-bond acceptors (Lipinski definition) is 13. The second-order valence-corrected chi connectivity index (χ2v) is 20.2. The molecule has 25 nitrogen and oxygen atoms in total. The van der Waals surface area contributed by atoms with Crippen molar-refractivity contribution >= 4 is 65.3 Å². The van der Waals surface area contributed by atoms with Crippen LogP contribution in [0.1, 0.15) is 123 Å². The number of nitrogens with two attached hydrogens (primary N) is 3. The Kier molecular flexibility index (Phi) is 26.5. The Labute approximate surface area is 454 Å². The number of nitrogens with one attached hydrogen (secondary N) is 8. The molecule has 0 aromatic heterocycles. The number of carboxylic acids is 2. The summed E-state index contributed by atoms with van der Waals surface area (Å²) in [4.78, 5) is 136. The van der Waals surface area contributed by atoms with Gasteiger partial charge < -0.3 is 74.7 Å². The lowest BCUT2D eigenvalue weighted by molar-refractivity contribution is -0.142. The van der Waals surface area contributed by atoms with Gasteiger partial charge in [0.15, 0.2) is 5.96 Å². The summed E-state index contributed by atoms with van der Waals surface area (Å²) in [5.41, 5.74) is 20.3. The van der Waals surface area contributed by atoms with Crippen molar-refractivity contribution in [1.29, 1.82) is 0 Å². The first-order valence-electron chi connectivity index (χ1n) is 26.3. The number of amides is 8. The summed E-state index contributed by atoms with van der Waals surface area (Å²) in [6.45, 7) is 11.5. The predicted octanol–water partition coefficient (Wildman–Crippen LogP) is 0.571. The van der Waals surface area contributed by atoms with Crippen LogP contribution in [0.2, 0.25) is 0 Å². The first kappa shape index (κ1) is 64.5. The van der Waals surface area contributed by atoms with Crippen molar-refractivity contribution in [2.75, 3.05) is 19.7 Å². The summed E-state index contributed by atoms with van der Waals surface area (Å²) in [6, 6.07) is 5.18. The topological polar surface area (TPSA) is 407 Å². The highest BCUT2D eigenvalue weighted by molar-refractivity contribution is 5.97. The number of fused-ring (bicyclic) bond motifs is 3. The molecule has 0 aliphatic heterocycles. The number of aliphatic imine (C=N–C) groups is 1. The zero-order valence-electron chi connectivity index (χ0n) is 45.5. The number of carboxylic acid groups (broad SMARTS) is 2. The molecule has 8 amide bonds. The largest absolute Gasteiger partial charge is 0.481 e. The van der Waals surface area contributed by atoms with Crippen molar-refractivity contribution < 1.29 is 62.9 Å². The van der Waals surface area contributed by atoms with Gasteiger partial charge in [0.05, 0.1) is 0 Å². The monoisotopic (exact) mass is 1090 g/mol. The number of ether oxygens (including phenoxy) is 1. The molecule has 0 heterocycles. The Hall–Kier alpha value is -7.83. The van der Waals surface area contributed by atoms with Gasteiger partial charge in [0.1, 0.15) is 54.9 Å². The number of unbranched alkanes of at least 4 members (excludes halogenated alkanes) is 1. The molecule has 16 N–H and O–H groups in total. The molecular weight excluding hydrogens is 1010 g/mol. The van der Waals surface area contributed by atoms with Gasteiger partial charge in [-0.2, -0.15) is 0 Å². The van der Waals surface area contributed by atoms with Gasteiger partial charge in [-0.25, -0.2) is 9.59 Å². The van der Waals surface area contributed by atoms with Crippen LogP contribution in [0.5, 0.6) is 0 Å². The van der Waals surface area contributed by atoms with Crippen molar-refractivity contribution in [3.05, 3.63) is 59.7 Å². The Morgan fingerprint density at radius 1 is 0.526 bits per heavy atom. The van der Waals surface area contributed by atoms with Crippen molar-refractivity contribution in [3.8, 4) is 11.1 Å². The fourth-order valence-corrected chi connectivity index (χ4v) is 8.55. The van der Waals surface area contributed by atoms with Gasteiger partial charge in [-0.3, -0.25) is 43.3 Å². The van der Waals surface area contributed by atoms with E-state index in [1.807, 2.05) is 48.5 Å². The summed E-state index contributed by atoms with van der Waals surface area (Å²) in [6.07, 6.45) is -0.451. The van der Waals surface area contributed by atoms with E-state index in [0.29, 0.717) is 12.8 Å². The number of alkyl carbamates (subject to hydrolysis) is 1. The van der Waals surface area contributed by atoms with Crippen LogP contribution >= 0.6 is 0 Å². The highest BCUT2D eigenvalue weighted by Crippen LogP contribution is 2.44. The summed E-state index contributed by atoms with van der Waals surface area (Å²) in [5.74, 6) is -8.88. The molecule has 0 radical (unpaired) electrons. The van der Waals surface area contributed by atoms with E-state index in [-0.39, 0.29) is 81.9 Å². The van der Waals surface area contributed by atoms with Crippen molar-refractivity contribution in [1.82, 2.24) is 42.5 Å². The molecule has 0 saturated carbocycles. The Morgan fingerprint density at radius 2 is 0.936 bits per heavy atom. The molecule has 1 aliphatic rings. The number of carbonyl (C=O) groups excluding carboxylic acids is 8. The maximum atomic E-state index is 14.0. The third-order valence-electron chi connectivity index (χ3n) is 12.7. The Balaban J connectivity index is 1.65. The first-order chi connectivity index (χ1) is 36.8. The fourth-order valence-electron chi connectivity index (χ4n) is 8.55. The van der Waals surface area contributed by atoms with Gasteiger partial charge >= 0.3 is 18.0 Å². The van der Waals surface area contributed by atoms with Crippen molar-refractivity contribution in [2.45, 2.75) is 161 Å². The molecule has 1 aliphatic carbocycles. The fraction of sp³-hybridized carbons (Fsp3) is 0.566. The summed E-state index contributed by atoms with van der Waals surface area (Å²) >= 11 is 0. The van der Waals surface area contributed by atoms with Gasteiger partial charge in [0.2, 0.25) is 41.4 Å². The molecule has 25 heteroatoms. The number of nitrogens with zero attached hydrogens (tertiary/aromatic N) is 1. The molecule has 2 aromatic carbocycles. The summed E-state index contributed by atoms with van der Waals surface area (Å²) in [7, 11) is 0. The molecule has 0 spiro atoms. The van der Waals surface area contributed by atoms with Gasteiger partial charge in [-0.15, -0.1) is 0 Å². The molecule has 8 unspecified atom stereocenters. The zero-order valence-corrected chi connectivity index (χ0v) is 45.5. The number of aliphatic carboxylic acids is 2. The maximum Gasteiger partial charge on any atom is 0.407 e. The van der Waals surface area contributed by atoms with Gasteiger partial charge in [-0.05, 0) is 113 Å². The maximum absolute atomic E-state index is 14.0. The zero-order chi connectivity index (χ0) is 58.2. The highest BCUT2D eigenvalue weighted by atomic mass is 16.5. The molecule has 0 bridgehead atoms. The first-order valence-corrected chi connectivity index (χ1v) is 26.3. The summed E-state index contributed by atoms with van der Waals surface area (Å²) in [5, 5.41) is 39.4. The van der Waals surface area contributed by atoms with Gasteiger partial charge in [-0.1, -0.05) is 76.2 Å². The second kappa shape index (κ2) is 32.0. The number of rotatable bonds is 33. The highest BCUT2D eigenvalue weighted by Gasteiger charge is 2.35.